The highest BCUT2D eigenvalue weighted by Gasteiger charge is 2.59. The van der Waals surface area contributed by atoms with Gasteiger partial charge in [0.15, 0.2) is 5.13 Å². The predicted molar refractivity (Wildman–Crippen MR) is 149 cm³/mol. The third-order valence-electron chi connectivity index (χ3n) is 8.97. The molecular formula is C29H37N3O6S. The normalized spacial score (nSPS) is 27.8. The molecule has 1 fully saturated rings. The Labute approximate surface area is 232 Å². The van der Waals surface area contributed by atoms with Crippen molar-refractivity contribution in [2.45, 2.75) is 58.1 Å². The molecule has 0 radical (unpaired) electrons. The predicted octanol–water partition coefficient (Wildman–Crippen LogP) is 4.62. The second-order valence-electron chi connectivity index (χ2n) is 11.1. The summed E-state index contributed by atoms with van der Waals surface area (Å²) in [4.78, 5) is 19.4. The van der Waals surface area contributed by atoms with Gasteiger partial charge in [0.25, 0.3) is 0 Å². The van der Waals surface area contributed by atoms with Crippen LogP contribution in [0.25, 0.3) is 0 Å². The number of benzene rings is 1. The zero-order valence-corrected chi connectivity index (χ0v) is 23.6. The lowest BCUT2D eigenvalue weighted by molar-refractivity contribution is -0.144. The maximum atomic E-state index is 13.3. The molecule has 39 heavy (non-hydrogen) atoms. The molecule has 210 valence electrons. The van der Waals surface area contributed by atoms with Crippen LogP contribution in [0.3, 0.4) is 0 Å². The average molecular weight is 556 g/mol. The summed E-state index contributed by atoms with van der Waals surface area (Å²) in [5.41, 5.74) is 0.634. The average Bonchev–Trinajstić information content (AvgIpc) is 3.60. The van der Waals surface area contributed by atoms with Crippen LogP contribution in [0.5, 0.6) is 11.5 Å². The minimum atomic E-state index is -0.679. The number of hydrogen-bond acceptors (Lipinski definition) is 9. The number of fused-ring (bicyclic) bond motifs is 2. The van der Waals surface area contributed by atoms with Crippen LogP contribution in [0.4, 0.5) is 10.8 Å². The maximum Gasteiger partial charge on any atom is 0.221 e. The maximum absolute atomic E-state index is 13.3. The Kier molecular flexibility index (Phi) is 7.63. The molecule has 2 aromatic heterocycles. The lowest BCUT2D eigenvalue weighted by Crippen LogP contribution is -2.57. The van der Waals surface area contributed by atoms with Crippen LogP contribution in [0.1, 0.15) is 55.4 Å². The van der Waals surface area contributed by atoms with E-state index < -0.39 is 11.5 Å². The molecule has 2 aliphatic rings. The molecule has 4 N–H and O–H groups in total. The van der Waals surface area contributed by atoms with E-state index in [-0.39, 0.29) is 36.2 Å². The molecule has 1 amide bonds. The van der Waals surface area contributed by atoms with Crippen molar-refractivity contribution in [2.24, 2.45) is 16.7 Å². The second-order valence-corrected chi connectivity index (χ2v) is 12.2. The Hall–Kier alpha value is -3.08. The van der Waals surface area contributed by atoms with E-state index in [1.54, 1.807) is 37.9 Å². The minimum Gasteiger partial charge on any atom is -0.497 e. The van der Waals surface area contributed by atoms with Crippen molar-refractivity contribution in [1.29, 1.82) is 0 Å². The van der Waals surface area contributed by atoms with E-state index in [1.807, 2.05) is 31.2 Å². The molecule has 2 aliphatic carbocycles. The Bertz CT molecular complexity index is 1310. The van der Waals surface area contributed by atoms with Gasteiger partial charge in [0.2, 0.25) is 5.91 Å². The first-order valence-corrected chi connectivity index (χ1v) is 14.1. The topological polar surface area (TPSA) is 126 Å². The van der Waals surface area contributed by atoms with E-state index in [4.69, 9.17) is 18.9 Å². The molecule has 3 aromatic rings. The molecule has 5 rings (SSSR count). The third kappa shape index (κ3) is 5.01. The van der Waals surface area contributed by atoms with E-state index in [1.165, 1.54) is 0 Å². The summed E-state index contributed by atoms with van der Waals surface area (Å²) in [6.07, 6.45) is 3.23. The number of thiazole rings is 1. The van der Waals surface area contributed by atoms with E-state index >= 15 is 0 Å². The number of amides is 1. The zero-order valence-electron chi connectivity index (χ0n) is 22.8. The second kappa shape index (κ2) is 10.8. The third-order valence-corrected chi connectivity index (χ3v) is 9.98. The number of furan rings is 1. The van der Waals surface area contributed by atoms with Gasteiger partial charge in [-0.1, -0.05) is 13.8 Å². The smallest absolute Gasteiger partial charge is 0.221 e. The van der Waals surface area contributed by atoms with Gasteiger partial charge in [0.1, 0.15) is 17.3 Å². The van der Waals surface area contributed by atoms with Crippen molar-refractivity contribution < 1.29 is 28.9 Å². The number of aliphatic hydroxyl groups is 2. The van der Waals surface area contributed by atoms with Gasteiger partial charge in [-0.15, -0.1) is 11.3 Å². The highest BCUT2D eigenvalue weighted by molar-refractivity contribution is 7.15. The van der Waals surface area contributed by atoms with Gasteiger partial charge in [0, 0.05) is 28.7 Å². The standard InChI is InChI=1S/C29H37N3O6S/c1-28-10-9-24(34)29(2,16-33)23(28)14-22-26(19(28)13-25(35)30-15-18-6-5-11-38-18)32-27(39-22)31-20-12-17(36-3)7-8-21(20)37-4/h5-8,11-12,19,23-24,33-34H,9-10,13-16H2,1-4H3,(H,30,35)(H,31,32). The van der Waals surface area contributed by atoms with Crippen molar-refractivity contribution >= 4 is 28.1 Å². The van der Waals surface area contributed by atoms with E-state index in [0.29, 0.717) is 41.8 Å². The van der Waals surface area contributed by atoms with Gasteiger partial charge in [-0.3, -0.25) is 4.79 Å². The van der Waals surface area contributed by atoms with Crippen LogP contribution < -0.4 is 20.1 Å². The molecule has 1 aromatic carbocycles. The number of nitrogens with zero attached hydrogens (tertiary/aromatic N) is 1. The van der Waals surface area contributed by atoms with Crippen LogP contribution in [0.2, 0.25) is 0 Å². The summed E-state index contributed by atoms with van der Waals surface area (Å²) < 4.78 is 16.3. The van der Waals surface area contributed by atoms with Crippen LogP contribution >= 0.6 is 11.3 Å². The molecular weight excluding hydrogens is 518 g/mol. The molecule has 0 spiro atoms. The first kappa shape index (κ1) is 27.5. The molecule has 0 bridgehead atoms. The fourth-order valence-corrected chi connectivity index (χ4v) is 7.66. The molecule has 1 saturated carbocycles. The first-order valence-electron chi connectivity index (χ1n) is 13.3. The number of aromatic nitrogens is 1. The summed E-state index contributed by atoms with van der Waals surface area (Å²) in [6, 6.07) is 9.16. The Balaban J connectivity index is 1.50. The van der Waals surface area contributed by atoms with Gasteiger partial charge < -0.3 is 34.7 Å². The number of aliphatic hydroxyl groups excluding tert-OH is 2. The van der Waals surface area contributed by atoms with E-state index in [2.05, 4.69) is 17.6 Å². The summed E-state index contributed by atoms with van der Waals surface area (Å²) in [5.74, 6) is 1.76. The fraction of sp³-hybridized carbons (Fsp3) is 0.517. The molecule has 2 heterocycles. The number of nitrogens with one attached hydrogen (secondary N) is 2. The number of anilines is 2. The molecule has 0 aliphatic heterocycles. The highest BCUT2D eigenvalue weighted by Crippen LogP contribution is 2.63. The summed E-state index contributed by atoms with van der Waals surface area (Å²) in [7, 11) is 3.23. The summed E-state index contributed by atoms with van der Waals surface area (Å²) in [6.45, 7) is 4.37. The molecule has 5 atom stereocenters. The summed E-state index contributed by atoms with van der Waals surface area (Å²) in [5, 5.41) is 28.6. The number of methoxy groups -OCH3 is 2. The van der Waals surface area contributed by atoms with Crippen molar-refractivity contribution in [3.05, 3.63) is 52.9 Å². The Morgan fingerprint density at radius 3 is 2.77 bits per heavy atom. The molecule has 9 nitrogen and oxygen atoms in total. The van der Waals surface area contributed by atoms with Crippen LogP contribution in [-0.2, 0) is 17.8 Å². The number of hydrogen-bond donors (Lipinski definition) is 4. The van der Waals surface area contributed by atoms with Gasteiger partial charge in [-0.2, -0.15) is 0 Å². The Morgan fingerprint density at radius 1 is 1.26 bits per heavy atom. The van der Waals surface area contributed by atoms with Crippen molar-refractivity contribution in [3.63, 3.8) is 0 Å². The van der Waals surface area contributed by atoms with Crippen molar-refractivity contribution in [3.8, 4) is 11.5 Å². The summed E-state index contributed by atoms with van der Waals surface area (Å²) >= 11 is 1.54. The van der Waals surface area contributed by atoms with Crippen molar-refractivity contribution in [2.75, 3.05) is 26.1 Å². The van der Waals surface area contributed by atoms with Crippen molar-refractivity contribution in [1.82, 2.24) is 10.3 Å². The van der Waals surface area contributed by atoms with E-state index in [0.717, 1.165) is 22.7 Å². The molecule has 0 saturated heterocycles. The first-order chi connectivity index (χ1) is 18.7. The lowest BCUT2D eigenvalue weighted by atomic mass is 9.47. The molecule has 5 unspecified atom stereocenters. The van der Waals surface area contributed by atoms with Gasteiger partial charge in [0.05, 0.1) is 51.1 Å². The number of carbonyl (C=O) groups is 1. The molecule has 10 heteroatoms. The van der Waals surface area contributed by atoms with Gasteiger partial charge in [-0.25, -0.2) is 4.98 Å². The highest BCUT2D eigenvalue weighted by atomic mass is 32.1. The van der Waals surface area contributed by atoms with Gasteiger partial charge in [-0.05, 0) is 54.9 Å². The number of rotatable bonds is 9. The van der Waals surface area contributed by atoms with E-state index in [9.17, 15) is 15.0 Å². The zero-order chi connectivity index (χ0) is 27.8. The Morgan fingerprint density at radius 2 is 2.08 bits per heavy atom. The largest absolute Gasteiger partial charge is 0.497 e. The monoisotopic (exact) mass is 555 g/mol. The fourth-order valence-electron chi connectivity index (χ4n) is 6.58. The van der Waals surface area contributed by atoms with Gasteiger partial charge >= 0.3 is 0 Å². The number of carbonyl (C=O) groups excluding carboxylic acids is 1. The lowest BCUT2D eigenvalue weighted by Gasteiger charge is -2.58. The van der Waals surface area contributed by atoms with Crippen LogP contribution in [0.15, 0.2) is 41.0 Å². The number of ether oxygens (including phenoxy) is 2. The SMILES string of the molecule is COc1ccc(OC)c(Nc2nc3c(s2)CC2C(C)(CO)C(O)CCC2(C)C3CC(=O)NCc2ccco2)c1. The van der Waals surface area contributed by atoms with Crippen LogP contribution in [0, 0.1) is 16.7 Å². The van der Waals surface area contributed by atoms with Crippen LogP contribution in [-0.4, -0.2) is 48.0 Å². The quantitative estimate of drug-likeness (QED) is 0.301. The minimum absolute atomic E-state index is 0.0196.